The zero-order valence-electron chi connectivity index (χ0n) is 12.1. The highest BCUT2D eigenvalue weighted by Gasteiger charge is 2.19. The molecule has 0 aliphatic heterocycles. The molecule has 0 unspecified atom stereocenters. The maximum atomic E-state index is 12.0. The summed E-state index contributed by atoms with van der Waals surface area (Å²) >= 11 is 0. The number of aryl methyl sites for hydroxylation is 1. The van der Waals surface area contributed by atoms with Crippen LogP contribution in [-0.2, 0) is 16.3 Å². The van der Waals surface area contributed by atoms with Crippen molar-refractivity contribution in [1.82, 2.24) is 0 Å². The lowest BCUT2D eigenvalue weighted by atomic mass is 10.0. The Hall–Kier alpha value is -2.33. The van der Waals surface area contributed by atoms with Crippen molar-refractivity contribution in [3.8, 4) is 11.8 Å². The monoisotopic (exact) mass is 307 g/mol. The lowest BCUT2D eigenvalue weighted by molar-refractivity contribution is 0.100. The van der Waals surface area contributed by atoms with Crippen molar-refractivity contribution in [2.45, 2.75) is 25.2 Å². The zero-order valence-corrected chi connectivity index (χ0v) is 12.9. The van der Waals surface area contributed by atoms with Gasteiger partial charge in [0.05, 0.1) is 4.90 Å². The molecule has 0 aliphatic carbocycles. The summed E-state index contributed by atoms with van der Waals surface area (Å²) in [4.78, 5) is 15.5. The summed E-state index contributed by atoms with van der Waals surface area (Å²) in [6.07, 6.45) is 1.58. The van der Waals surface area contributed by atoms with Crippen molar-refractivity contribution in [3.05, 3.63) is 28.8 Å². The largest absolute Gasteiger partial charge is 0.370 e. The van der Waals surface area contributed by atoms with E-state index in [1.165, 1.54) is 6.07 Å². The maximum absolute atomic E-state index is 12.0. The van der Waals surface area contributed by atoms with E-state index in [4.69, 9.17) is 11.5 Å². The number of sulfone groups is 1. The minimum absolute atomic E-state index is 0.0109. The molecular formula is C14H17N3O3S. The molecule has 0 aromatic heterocycles. The summed E-state index contributed by atoms with van der Waals surface area (Å²) < 4.78 is 23.7. The molecule has 0 saturated heterocycles. The maximum Gasteiger partial charge on any atom is 0.280 e. The van der Waals surface area contributed by atoms with Crippen molar-refractivity contribution < 1.29 is 13.2 Å². The second-order valence-corrected chi connectivity index (χ2v) is 6.33. The number of guanidine groups is 1. The van der Waals surface area contributed by atoms with Gasteiger partial charge in [-0.2, -0.15) is 4.99 Å². The van der Waals surface area contributed by atoms with Crippen LogP contribution in [0.15, 0.2) is 22.0 Å². The molecule has 0 radical (unpaired) electrons. The Balaban J connectivity index is 3.70. The smallest absolute Gasteiger partial charge is 0.280 e. The number of nitrogens with two attached hydrogens (primary N) is 2. The Kier molecular flexibility index (Phi) is 5.11. The third-order valence-electron chi connectivity index (χ3n) is 2.71. The number of amides is 1. The molecule has 1 amide bonds. The molecule has 0 heterocycles. The van der Waals surface area contributed by atoms with Crippen LogP contribution >= 0.6 is 0 Å². The zero-order chi connectivity index (χ0) is 16.2. The molecule has 6 nitrogen and oxygen atoms in total. The van der Waals surface area contributed by atoms with Crippen LogP contribution in [-0.4, -0.2) is 26.5 Å². The van der Waals surface area contributed by atoms with Crippen molar-refractivity contribution in [2.75, 3.05) is 6.26 Å². The molecule has 0 bridgehead atoms. The summed E-state index contributed by atoms with van der Waals surface area (Å²) in [6, 6.07) is 2.87. The fourth-order valence-electron chi connectivity index (χ4n) is 1.83. The standard InChI is InChI=1S/C14H17N3O3S/c1-4-6-10-7-9(5-2)11(13(18)17-14(15)16)8-12(10)21(3,19)20/h7-8H,5H2,1-3H3,(H4,15,16,17,18). The van der Waals surface area contributed by atoms with Crippen LogP contribution in [0.1, 0.15) is 35.3 Å². The minimum Gasteiger partial charge on any atom is -0.370 e. The van der Waals surface area contributed by atoms with Gasteiger partial charge in [0.2, 0.25) is 0 Å². The molecule has 0 atom stereocenters. The number of aliphatic imine (C=N–C) groups is 1. The van der Waals surface area contributed by atoms with Gasteiger partial charge in [-0.25, -0.2) is 8.42 Å². The van der Waals surface area contributed by atoms with E-state index in [2.05, 4.69) is 16.8 Å². The third kappa shape index (κ3) is 4.07. The van der Waals surface area contributed by atoms with Crippen LogP contribution < -0.4 is 11.5 Å². The van der Waals surface area contributed by atoms with E-state index in [9.17, 15) is 13.2 Å². The van der Waals surface area contributed by atoms with Crippen LogP contribution in [0.2, 0.25) is 0 Å². The molecule has 0 saturated carbocycles. The van der Waals surface area contributed by atoms with Gasteiger partial charge < -0.3 is 11.5 Å². The van der Waals surface area contributed by atoms with E-state index in [0.29, 0.717) is 17.5 Å². The second kappa shape index (κ2) is 6.41. The Labute approximate surface area is 124 Å². The summed E-state index contributed by atoms with van der Waals surface area (Å²) in [5, 5.41) is 0. The lowest BCUT2D eigenvalue weighted by Crippen LogP contribution is -2.24. The van der Waals surface area contributed by atoms with E-state index in [0.717, 1.165) is 6.26 Å². The van der Waals surface area contributed by atoms with Gasteiger partial charge in [-0.15, -0.1) is 5.92 Å². The quantitative estimate of drug-likeness (QED) is 0.477. The number of carbonyl (C=O) groups is 1. The number of carbonyl (C=O) groups excluding carboxylic acids is 1. The summed E-state index contributed by atoms with van der Waals surface area (Å²) in [5.41, 5.74) is 11.5. The average Bonchev–Trinajstić information content (AvgIpc) is 2.36. The number of hydrogen-bond acceptors (Lipinski definition) is 3. The molecule has 1 aromatic rings. The predicted octanol–water partition coefficient (Wildman–Crippen LogP) is 0.438. The minimum atomic E-state index is -3.53. The first-order valence-electron chi connectivity index (χ1n) is 6.14. The molecule has 0 aliphatic rings. The summed E-state index contributed by atoms with van der Waals surface area (Å²) in [7, 11) is -3.53. The molecule has 0 fully saturated rings. The Bertz CT molecular complexity index is 765. The fraction of sp³-hybridized carbons (Fsp3) is 0.286. The molecule has 7 heteroatoms. The van der Waals surface area contributed by atoms with Crippen LogP contribution in [0.4, 0.5) is 0 Å². The second-order valence-electron chi connectivity index (χ2n) is 4.35. The summed E-state index contributed by atoms with van der Waals surface area (Å²) in [5.74, 6) is 4.35. The summed E-state index contributed by atoms with van der Waals surface area (Å²) in [6.45, 7) is 3.45. The van der Waals surface area contributed by atoms with Gasteiger partial charge in [0.1, 0.15) is 0 Å². The molecule has 1 aromatic carbocycles. The van der Waals surface area contributed by atoms with Gasteiger partial charge in [0.15, 0.2) is 15.8 Å². The normalized spacial score (nSPS) is 10.4. The number of hydrogen-bond donors (Lipinski definition) is 2. The van der Waals surface area contributed by atoms with E-state index < -0.39 is 15.7 Å². The highest BCUT2D eigenvalue weighted by Crippen LogP contribution is 2.22. The van der Waals surface area contributed by atoms with Crippen molar-refractivity contribution in [1.29, 1.82) is 0 Å². The third-order valence-corrected chi connectivity index (χ3v) is 3.84. The van der Waals surface area contributed by atoms with Crippen molar-refractivity contribution in [3.63, 3.8) is 0 Å². The SMILES string of the molecule is CC#Cc1cc(CC)c(C(=O)N=C(N)N)cc1S(C)(=O)=O. The van der Waals surface area contributed by atoms with Gasteiger partial charge in [-0.3, -0.25) is 4.79 Å². The average molecular weight is 307 g/mol. The van der Waals surface area contributed by atoms with Gasteiger partial charge in [-0.1, -0.05) is 12.8 Å². The topological polar surface area (TPSA) is 116 Å². The Morgan fingerprint density at radius 1 is 1.33 bits per heavy atom. The van der Waals surface area contributed by atoms with Gasteiger partial charge in [0.25, 0.3) is 5.91 Å². The highest BCUT2D eigenvalue weighted by atomic mass is 32.2. The first kappa shape index (κ1) is 16.7. The number of benzene rings is 1. The first-order valence-corrected chi connectivity index (χ1v) is 8.03. The van der Waals surface area contributed by atoms with Crippen LogP contribution in [0.3, 0.4) is 0 Å². The number of nitrogens with zero attached hydrogens (tertiary/aromatic N) is 1. The van der Waals surface area contributed by atoms with Crippen LogP contribution in [0.5, 0.6) is 0 Å². The molecular weight excluding hydrogens is 290 g/mol. The van der Waals surface area contributed by atoms with E-state index in [1.807, 2.05) is 6.92 Å². The van der Waals surface area contributed by atoms with Crippen LogP contribution in [0, 0.1) is 11.8 Å². The van der Waals surface area contributed by atoms with Gasteiger partial charge in [0, 0.05) is 17.4 Å². The first-order chi connectivity index (χ1) is 9.70. The fourth-order valence-corrected chi connectivity index (χ4v) is 2.67. The van der Waals surface area contributed by atoms with E-state index in [-0.39, 0.29) is 16.4 Å². The molecule has 21 heavy (non-hydrogen) atoms. The molecule has 4 N–H and O–H groups in total. The highest BCUT2D eigenvalue weighted by molar-refractivity contribution is 7.90. The number of rotatable bonds is 3. The molecule has 1 rings (SSSR count). The molecule has 112 valence electrons. The van der Waals surface area contributed by atoms with Crippen LogP contribution in [0.25, 0.3) is 0 Å². The van der Waals surface area contributed by atoms with Crippen molar-refractivity contribution in [2.24, 2.45) is 16.5 Å². The Morgan fingerprint density at radius 2 is 1.95 bits per heavy atom. The predicted molar refractivity (Wildman–Crippen MR) is 81.6 cm³/mol. The lowest BCUT2D eigenvalue weighted by Gasteiger charge is -2.10. The van der Waals surface area contributed by atoms with E-state index in [1.54, 1.807) is 13.0 Å². The molecule has 0 spiro atoms. The Morgan fingerprint density at radius 3 is 2.38 bits per heavy atom. The van der Waals surface area contributed by atoms with Gasteiger partial charge in [-0.05, 0) is 31.0 Å². The van der Waals surface area contributed by atoms with Crippen molar-refractivity contribution >= 4 is 21.7 Å². The van der Waals surface area contributed by atoms with E-state index >= 15 is 0 Å². The van der Waals surface area contributed by atoms with Gasteiger partial charge >= 0.3 is 0 Å².